The number of pyridine rings is 1. The lowest BCUT2D eigenvalue weighted by Crippen LogP contribution is -2.36. The van der Waals surface area contributed by atoms with Gasteiger partial charge in [0.25, 0.3) is 0 Å². The molecular weight excluding hydrogens is 777 g/mol. The Morgan fingerprint density at radius 2 is 1.64 bits per heavy atom. The van der Waals surface area contributed by atoms with E-state index in [9.17, 15) is 19.6 Å². The molecule has 10 heteroatoms. The van der Waals surface area contributed by atoms with E-state index in [-0.39, 0.29) is 42.9 Å². The van der Waals surface area contributed by atoms with Crippen molar-refractivity contribution in [2.45, 2.75) is 152 Å². The number of rotatable bonds is 26. The molecule has 2 aromatic carbocycles. The number of para-hydroxylation sites is 1. The molecule has 61 heavy (non-hydrogen) atoms. The minimum Gasteiger partial charge on any atom is -0.356 e. The van der Waals surface area contributed by atoms with Gasteiger partial charge in [0, 0.05) is 65.0 Å². The van der Waals surface area contributed by atoms with Crippen molar-refractivity contribution >= 4 is 56.9 Å². The van der Waals surface area contributed by atoms with E-state index in [0.29, 0.717) is 23.2 Å². The van der Waals surface area contributed by atoms with E-state index in [2.05, 4.69) is 71.4 Å². The molecule has 2 aliphatic rings. The van der Waals surface area contributed by atoms with Gasteiger partial charge in [-0.3, -0.25) is 19.1 Å². The molecule has 3 N–H and O–H groups in total. The summed E-state index contributed by atoms with van der Waals surface area (Å²) in [5.41, 5.74) is 3.30. The molecule has 2 saturated heterocycles. The molecule has 0 spiro atoms. The molecule has 4 heterocycles. The zero-order valence-electron chi connectivity index (χ0n) is 36.2. The van der Waals surface area contributed by atoms with Crippen molar-refractivity contribution in [1.29, 1.82) is 5.26 Å². The Morgan fingerprint density at radius 1 is 0.885 bits per heavy atom. The molecular formula is C51H66N6O3S. The summed E-state index contributed by atoms with van der Waals surface area (Å²) in [6.07, 6.45) is 30.1. The van der Waals surface area contributed by atoms with Crippen LogP contribution >= 0.6 is 11.8 Å². The number of carbonyl (C=O) groups excluding carboxylic acids is 3. The quantitative estimate of drug-likeness (QED) is 0.0250. The molecule has 3 amide bonds. The second-order valence-corrected chi connectivity index (χ2v) is 18.2. The van der Waals surface area contributed by atoms with Gasteiger partial charge in [-0.25, -0.2) is 4.79 Å². The molecule has 2 fully saturated rings. The van der Waals surface area contributed by atoms with Crippen LogP contribution in [0.15, 0.2) is 85.2 Å². The van der Waals surface area contributed by atoms with Crippen molar-refractivity contribution in [1.82, 2.24) is 25.5 Å². The highest BCUT2D eigenvalue weighted by Gasteiger charge is 2.42. The number of hydrogen-bond donors (Lipinski definition) is 3. The van der Waals surface area contributed by atoms with Gasteiger partial charge in [0.05, 0.1) is 34.9 Å². The number of aromatic nitrogens is 2. The second kappa shape index (κ2) is 24.5. The lowest BCUT2D eigenvalue weighted by molar-refractivity contribution is -0.121. The standard InChI is InChI=1S/C51H66N6O3S/c1-2-3-4-5-6-7-8-9-10-11-13-23-39(49-41-26-17-16-22-38(41)31-33-54-49)24-14-12-15-25-40(35-52)43-36-57(45-28-19-18-27-42(43)45)48(59)32-34-53-47(58)30-21-20-29-46-50-44(37-61-46)55-51(60)56-50/h9-10,16-19,22,25-28,31,33,36,39,44,46,50H,2-8,11-15,20-21,23-24,29-30,32,34,37H2,1H3,(H,53,58)(H2,55,56,60)/b10-9-,40-25+/t39?,44-,46-,50-/m1/s1. The predicted octanol–water partition coefficient (Wildman–Crippen LogP) is 11.8. The molecule has 2 aliphatic heterocycles. The number of urea groups is 1. The van der Waals surface area contributed by atoms with Gasteiger partial charge in [-0.1, -0.05) is 113 Å². The van der Waals surface area contributed by atoms with Gasteiger partial charge >= 0.3 is 6.03 Å². The van der Waals surface area contributed by atoms with Gasteiger partial charge in [0.1, 0.15) is 0 Å². The second-order valence-electron chi connectivity index (χ2n) is 16.9. The molecule has 6 rings (SSSR count). The van der Waals surface area contributed by atoms with Gasteiger partial charge in [-0.05, 0) is 81.7 Å². The number of allylic oxidation sites excluding steroid dienone is 4. The summed E-state index contributed by atoms with van der Waals surface area (Å²) in [6, 6.07) is 21.1. The molecule has 4 atom stereocenters. The zero-order valence-corrected chi connectivity index (χ0v) is 37.0. The summed E-state index contributed by atoms with van der Waals surface area (Å²) >= 11 is 1.88. The minimum atomic E-state index is -0.124. The molecule has 0 bridgehead atoms. The maximum Gasteiger partial charge on any atom is 0.315 e. The Balaban J connectivity index is 0.970. The predicted molar refractivity (Wildman–Crippen MR) is 252 cm³/mol. The van der Waals surface area contributed by atoms with E-state index < -0.39 is 0 Å². The Bertz CT molecular complexity index is 2150. The number of unbranched alkanes of at least 4 members (excludes halogenated alkanes) is 10. The number of amides is 3. The fourth-order valence-corrected chi connectivity index (χ4v) is 10.6. The molecule has 4 aromatic rings. The van der Waals surface area contributed by atoms with Crippen LogP contribution in [0.25, 0.3) is 27.2 Å². The summed E-state index contributed by atoms with van der Waals surface area (Å²) in [5.74, 6) is 1.12. The highest BCUT2D eigenvalue weighted by molar-refractivity contribution is 8.00. The smallest absolute Gasteiger partial charge is 0.315 e. The molecule has 324 valence electrons. The van der Waals surface area contributed by atoms with Crippen LogP contribution in [-0.4, -0.2) is 57.0 Å². The summed E-state index contributed by atoms with van der Waals surface area (Å²) in [7, 11) is 0. The van der Waals surface area contributed by atoms with E-state index in [4.69, 9.17) is 4.98 Å². The van der Waals surface area contributed by atoms with Crippen molar-refractivity contribution in [2.24, 2.45) is 0 Å². The first-order chi connectivity index (χ1) is 30.0. The Labute approximate surface area is 367 Å². The summed E-state index contributed by atoms with van der Waals surface area (Å²) in [4.78, 5) is 42.7. The number of nitriles is 1. The average molecular weight is 843 g/mol. The van der Waals surface area contributed by atoms with Crippen LogP contribution in [0.3, 0.4) is 0 Å². The highest BCUT2D eigenvalue weighted by Crippen LogP contribution is 2.34. The number of nitrogens with zero attached hydrogens (tertiary/aromatic N) is 3. The number of nitrogens with one attached hydrogen (secondary N) is 3. The van der Waals surface area contributed by atoms with Crippen molar-refractivity contribution in [3.05, 3.63) is 96.5 Å². The number of thioether (sulfide) groups is 1. The van der Waals surface area contributed by atoms with Crippen LogP contribution in [0.4, 0.5) is 4.79 Å². The fraction of sp³-hybridized carbons (Fsp3) is 0.510. The van der Waals surface area contributed by atoms with E-state index >= 15 is 0 Å². The third-order valence-corrected chi connectivity index (χ3v) is 13.9. The normalized spacial score (nSPS) is 18.0. The highest BCUT2D eigenvalue weighted by atomic mass is 32.2. The van der Waals surface area contributed by atoms with E-state index in [1.54, 1.807) is 10.8 Å². The van der Waals surface area contributed by atoms with Crippen LogP contribution in [0, 0.1) is 11.3 Å². The minimum absolute atomic E-state index is 0.0562. The number of benzene rings is 2. The topological polar surface area (TPSA) is 129 Å². The first-order valence-electron chi connectivity index (χ1n) is 23.1. The lowest BCUT2D eigenvalue weighted by Gasteiger charge is -2.18. The van der Waals surface area contributed by atoms with Crippen LogP contribution in [0.1, 0.15) is 151 Å². The lowest BCUT2D eigenvalue weighted by atomic mass is 9.89. The number of carbonyl (C=O) groups is 3. The van der Waals surface area contributed by atoms with E-state index in [1.165, 1.54) is 61.4 Å². The van der Waals surface area contributed by atoms with Crippen molar-refractivity contribution < 1.29 is 14.4 Å². The average Bonchev–Trinajstić information content (AvgIpc) is 3.97. The molecule has 1 unspecified atom stereocenters. The number of hydrogen-bond acceptors (Lipinski definition) is 6. The fourth-order valence-electron chi connectivity index (χ4n) is 9.04. The van der Waals surface area contributed by atoms with Gasteiger partial charge in [0.15, 0.2) is 0 Å². The van der Waals surface area contributed by atoms with Gasteiger partial charge in [-0.2, -0.15) is 17.0 Å². The van der Waals surface area contributed by atoms with Crippen LogP contribution in [-0.2, 0) is 4.79 Å². The van der Waals surface area contributed by atoms with Gasteiger partial charge < -0.3 is 16.0 Å². The molecule has 0 aliphatic carbocycles. The maximum absolute atomic E-state index is 13.5. The van der Waals surface area contributed by atoms with E-state index in [1.807, 2.05) is 48.3 Å². The van der Waals surface area contributed by atoms with Crippen molar-refractivity contribution in [3.63, 3.8) is 0 Å². The Kier molecular flexibility index (Phi) is 18.4. The van der Waals surface area contributed by atoms with Crippen molar-refractivity contribution in [2.75, 3.05) is 12.3 Å². The molecule has 9 nitrogen and oxygen atoms in total. The summed E-state index contributed by atoms with van der Waals surface area (Å²) in [5, 5.41) is 23.0. The van der Waals surface area contributed by atoms with Crippen LogP contribution in [0.5, 0.6) is 0 Å². The van der Waals surface area contributed by atoms with Crippen molar-refractivity contribution in [3.8, 4) is 6.07 Å². The largest absolute Gasteiger partial charge is 0.356 e. The SMILES string of the molecule is CCCCCCCC/C=C\CCCC(CCCC/C=C(\C#N)c1cn(C(=O)CCNC(=O)CCCC[C@H]2SC[C@H]3NC(=O)N[C@H]32)c2ccccc12)c1nccc2ccccc12. The summed E-state index contributed by atoms with van der Waals surface area (Å²) < 4.78 is 1.64. The summed E-state index contributed by atoms with van der Waals surface area (Å²) in [6.45, 7) is 2.52. The number of fused-ring (bicyclic) bond motifs is 3. The van der Waals surface area contributed by atoms with Gasteiger partial charge in [-0.15, -0.1) is 0 Å². The Hall–Kier alpha value is -4.88. The van der Waals surface area contributed by atoms with Crippen LogP contribution in [0.2, 0.25) is 0 Å². The van der Waals surface area contributed by atoms with E-state index in [0.717, 1.165) is 86.4 Å². The molecule has 0 saturated carbocycles. The third kappa shape index (κ3) is 13.3. The van der Waals surface area contributed by atoms with Crippen LogP contribution < -0.4 is 16.0 Å². The monoisotopic (exact) mass is 842 g/mol. The third-order valence-electron chi connectivity index (χ3n) is 12.4. The first kappa shape index (κ1) is 45.6. The first-order valence-corrected chi connectivity index (χ1v) is 24.2. The Morgan fingerprint density at radius 3 is 2.49 bits per heavy atom. The van der Waals surface area contributed by atoms with Gasteiger partial charge in [0.2, 0.25) is 11.8 Å². The maximum atomic E-state index is 13.5. The zero-order chi connectivity index (χ0) is 42.7. The molecule has 2 aromatic heterocycles. The molecule has 0 radical (unpaired) electrons.